The molecule has 0 saturated carbocycles. The van der Waals surface area contributed by atoms with Crippen molar-refractivity contribution in [3.63, 3.8) is 0 Å². The summed E-state index contributed by atoms with van der Waals surface area (Å²) < 4.78 is 17.8. The van der Waals surface area contributed by atoms with Crippen molar-refractivity contribution in [2.75, 3.05) is 7.11 Å². The number of aromatic nitrogens is 1. The number of methoxy groups -OCH3 is 1. The molecule has 1 heterocycles. The molecule has 0 aliphatic rings. The van der Waals surface area contributed by atoms with Gasteiger partial charge in [-0.3, -0.25) is 4.79 Å². The van der Waals surface area contributed by atoms with Crippen molar-refractivity contribution in [3.05, 3.63) is 65.6 Å². The molecule has 5 heteroatoms. The molecule has 1 N–H and O–H groups in total. The van der Waals surface area contributed by atoms with E-state index in [-0.39, 0.29) is 11.7 Å². The Morgan fingerprint density at radius 2 is 2.10 bits per heavy atom. The van der Waals surface area contributed by atoms with Gasteiger partial charge >= 0.3 is 0 Å². The number of carbonyl (C=O) groups is 1. The lowest BCUT2D eigenvalue weighted by atomic mass is 10.2. The van der Waals surface area contributed by atoms with Gasteiger partial charge in [0.2, 0.25) is 11.8 Å². The van der Waals surface area contributed by atoms with Gasteiger partial charge < -0.3 is 10.1 Å². The van der Waals surface area contributed by atoms with Crippen LogP contribution in [0, 0.1) is 5.82 Å². The van der Waals surface area contributed by atoms with E-state index >= 15 is 0 Å². The summed E-state index contributed by atoms with van der Waals surface area (Å²) in [7, 11) is 1.53. The minimum absolute atomic E-state index is 0.245. The van der Waals surface area contributed by atoms with Crippen LogP contribution in [0.25, 0.3) is 6.08 Å². The van der Waals surface area contributed by atoms with Crippen molar-refractivity contribution in [3.8, 4) is 5.88 Å². The number of ether oxygens (including phenoxy) is 1. The van der Waals surface area contributed by atoms with Crippen molar-refractivity contribution in [2.24, 2.45) is 0 Å². The van der Waals surface area contributed by atoms with Crippen LogP contribution < -0.4 is 10.1 Å². The Hall–Kier alpha value is -2.69. The highest BCUT2D eigenvalue weighted by Crippen LogP contribution is 2.12. The van der Waals surface area contributed by atoms with Gasteiger partial charge in [0.05, 0.1) is 7.11 Å². The molecule has 0 unspecified atom stereocenters. The second-order valence-corrected chi connectivity index (χ2v) is 4.27. The number of rotatable bonds is 5. The van der Waals surface area contributed by atoms with Gasteiger partial charge in [-0.25, -0.2) is 9.37 Å². The zero-order chi connectivity index (χ0) is 15.1. The van der Waals surface area contributed by atoms with Gasteiger partial charge in [0.15, 0.2) is 0 Å². The zero-order valence-electron chi connectivity index (χ0n) is 11.5. The molecule has 0 spiro atoms. The average Bonchev–Trinajstić information content (AvgIpc) is 2.52. The largest absolute Gasteiger partial charge is 0.481 e. The maximum absolute atomic E-state index is 12.7. The second kappa shape index (κ2) is 7.19. The molecule has 0 aliphatic heterocycles. The van der Waals surface area contributed by atoms with Crippen LogP contribution in [-0.4, -0.2) is 18.0 Å². The molecule has 2 aromatic rings. The van der Waals surface area contributed by atoms with E-state index in [4.69, 9.17) is 4.74 Å². The Labute approximate surface area is 122 Å². The highest BCUT2D eigenvalue weighted by atomic mass is 19.1. The van der Waals surface area contributed by atoms with Crippen molar-refractivity contribution in [2.45, 2.75) is 6.54 Å². The van der Waals surface area contributed by atoms with Crippen LogP contribution >= 0.6 is 0 Å². The lowest BCUT2D eigenvalue weighted by Gasteiger charge is -2.06. The second-order valence-electron chi connectivity index (χ2n) is 4.27. The smallest absolute Gasteiger partial charge is 0.244 e. The van der Waals surface area contributed by atoms with E-state index in [0.29, 0.717) is 12.4 Å². The molecule has 1 aromatic heterocycles. The number of nitrogens with zero attached hydrogens (tertiary/aromatic N) is 1. The van der Waals surface area contributed by atoms with Crippen LogP contribution in [0.15, 0.2) is 48.7 Å². The van der Waals surface area contributed by atoms with Gasteiger partial charge in [0, 0.05) is 24.4 Å². The molecule has 0 aliphatic carbocycles. The van der Waals surface area contributed by atoms with Gasteiger partial charge in [0.1, 0.15) is 5.82 Å². The first-order valence-electron chi connectivity index (χ1n) is 6.38. The Kier molecular flexibility index (Phi) is 5.04. The van der Waals surface area contributed by atoms with E-state index in [1.165, 1.54) is 25.3 Å². The Bertz CT molecular complexity index is 639. The summed E-state index contributed by atoms with van der Waals surface area (Å²) in [5.74, 6) is -0.0641. The van der Waals surface area contributed by atoms with Crippen molar-refractivity contribution >= 4 is 12.0 Å². The van der Waals surface area contributed by atoms with E-state index in [9.17, 15) is 9.18 Å². The summed E-state index contributed by atoms with van der Waals surface area (Å²) >= 11 is 0. The van der Waals surface area contributed by atoms with Gasteiger partial charge in [-0.15, -0.1) is 0 Å². The van der Waals surface area contributed by atoms with Gasteiger partial charge in [-0.1, -0.05) is 18.2 Å². The van der Waals surface area contributed by atoms with E-state index < -0.39 is 0 Å². The summed E-state index contributed by atoms with van der Waals surface area (Å²) in [6.07, 6.45) is 4.64. The minimum atomic E-state index is -0.305. The number of hydrogen-bond acceptors (Lipinski definition) is 3. The fraction of sp³-hybridized carbons (Fsp3) is 0.125. The number of halogens is 1. The topological polar surface area (TPSA) is 51.2 Å². The summed E-state index contributed by atoms with van der Waals surface area (Å²) in [6, 6.07) is 9.50. The molecule has 1 aromatic carbocycles. The molecule has 108 valence electrons. The number of benzene rings is 1. The molecule has 4 nitrogen and oxygen atoms in total. The fourth-order valence-corrected chi connectivity index (χ4v) is 1.73. The summed E-state index contributed by atoms with van der Waals surface area (Å²) in [5.41, 5.74) is 1.55. The molecule has 21 heavy (non-hydrogen) atoms. The van der Waals surface area contributed by atoms with Crippen LogP contribution in [0.4, 0.5) is 4.39 Å². The van der Waals surface area contributed by atoms with E-state index in [1.807, 2.05) is 6.07 Å². The molecule has 0 fully saturated rings. The summed E-state index contributed by atoms with van der Waals surface area (Å²) in [5, 5.41) is 2.74. The maximum atomic E-state index is 12.7. The first kappa shape index (κ1) is 14.7. The predicted molar refractivity (Wildman–Crippen MR) is 78.1 cm³/mol. The molecule has 0 saturated heterocycles. The number of pyridine rings is 1. The minimum Gasteiger partial charge on any atom is -0.481 e. The van der Waals surface area contributed by atoms with E-state index in [0.717, 1.165) is 11.1 Å². The standard InChI is InChI=1S/C16H15FN2O2/c1-21-16-13(3-2-10-18-16)11-19-15(20)9-6-12-4-7-14(17)8-5-12/h2-10H,11H2,1H3,(H,19,20)/b9-6+. The lowest BCUT2D eigenvalue weighted by molar-refractivity contribution is -0.116. The molecular formula is C16H15FN2O2. The molecule has 0 radical (unpaired) electrons. The predicted octanol–water partition coefficient (Wildman–Crippen LogP) is 2.56. The summed E-state index contributed by atoms with van der Waals surface area (Å²) in [4.78, 5) is 15.8. The third-order valence-electron chi connectivity index (χ3n) is 2.79. The lowest BCUT2D eigenvalue weighted by Crippen LogP contribution is -2.20. The van der Waals surface area contributed by atoms with E-state index in [2.05, 4.69) is 10.3 Å². The first-order valence-corrected chi connectivity index (χ1v) is 6.38. The van der Waals surface area contributed by atoms with Crippen molar-refractivity contribution in [1.82, 2.24) is 10.3 Å². The number of carbonyl (C=O) groups excluding carboxylic acids is 1. The maximum Gasteiger partial charge on any atom is 0.244 e. The van der Waals surface area contributed by atoms with Crippen molar-refractivity contribution in [1.29, 1.82) is 0 Å². The Morgan fingerprint density at radius 1 is 1.33 bits per heavy atom. The van der Waals surface area contributed by atoms with Crippen LogP contribution in [-0.2, 0) is 11.3 Å². The molecular weight excluding hydrogens is 271 g/mol. The van der Waals surface area contributed by atoms with Crippen LogP contribution in [0.5, 0.6) is 5.88 Å². The monoisotopic (exact) mass is 286 g/mol. The third-order valence-corrected chi connectivity index (χ3v) is 2.79. The van der Waals surface area contributed by atoms with Crippen LogP contribution in [0.2, 0.25) is 0 Å². The highest BCUT2D eigenvalue weighted by Gasteiger charge is 2.04. The molecule has 0 atom stereocenters. The van der Waals surface area contributed by atoms with E-state index in [1.54, 1.807) is 30.5 Å². The molecule has 0 bridgehead atoms. The SMILES string of the molecule is COc1ncccc1CNC(=O)/C=C/c1ccc(F)cc1. The normalized spacial score (nSPS) is 10.6. The number of nitrogens with one attached hydrogen (secondary N) is 1. The fourth-order valence-electron chi connectivity index (χ4n) is 1.73. The van der Waals surface area contributed by atoms with Crippen LogP contribution in [0.1, 0.15) is 11.1 Å². The molecule has 2 rings (SSSR count). The quantitative estimate of drug-likeness (QED) is 0.859. The zero-order valence-corrected chi connectivity index (χ0v) is 11.5. The Morgan fingerprint density at radius 3 is 2.81 bits per heavy atom. The number of hydrogen-bond donors (Lipinski definition) is 1. The van der Waals surface area contributed by atoms with Crippen molar-refractivity contribution < 1.29 is 13.9 Å². The third kappa shape index (κ3) is 4.42. The summed E-state index contributed by atoms with van der Waals surface area (Å²) in [6.45, 7) is 0.323. The number of amides is 1. The molecule has 1 amide bonds. The van der Waals surface area contributed by atoms with Gasteiger partial charge in [-0.2, -0.15) is 0 Å². The Balaban J connectivity index is 1.91. The van der Waals surface area contributed by atoms with Gasteiger partial charge in [0.25, 0.3) is 0 Å². The first-order chi connectivity index (χ1) is 10.2. The van der Waals surface area contributed by atoms with Gasteiger partial charge in [-0.05, 0) is 29.8 Å². The van der Waals surface area contributed by atoms with Crippen LogP contribution in [0.3, 0.4) is 0 Å². The highest BCUT2D eigenvalue weighted by molar-refractivity contribution is 5.91. The average molecular weight is 286 g/mol.